The first-order chi connectivity index (χ1) is 9.52. The van der Waals surface area contributed by atoms with Crippen LogP contribution >= 0.6 is 34.2 Å². The van der Waals surface area contributed by atoms with Crippen molar-refractivity contribution < 1.29 is 14.6 Å². The van der Waals surface area contributed by atoms with Crippen LogP contribution in [0.25, 0.3) is 0 Å². The number of carbonyl (C=O) groups excluding carboxylic acids is 1. The molecular formula is C14H17ClINO3. The number of aliphatic hydroxyl groups excluding tert-OH is 1. The first-order valence-electron chi connectivity index (χ1n) is 6.55. The fourth-order valence-electron chi connectivity index (χ4n) is 2.40. The number of benzene rings is 1. The van der Waals surface area contributed by atoms with Gasteiger partial charge >= 0.3 is 0 Å². The van der Waals surface area contributed by atoms with Crippen LogP contribution in [0.1, 0.15) is 36.0 Å². The van der Waals surface area contributed by atoms with E-state index in [9.17, 15) is 9.90 Å². The summed E-state index contributed by atoms with van der Waals surface area (Å²) in [6, 6.07) is 3.14. The molecule has 0 aromatic heterocycles. The second-order valence-electron chi connectivity index (χ2n) is 4.90. The van der Waals surface area contributed by atoms with E-state index in [0.29, 0.717) is 16.3 Å². The van der Waals surface area contributed by atoms with Crippen molar-refractivity contribution in [2.45, 2.75) is 37.8 Å². The molecule has 0 saturated heterocycles. The summed E-state index contributed by atoms with van der Waals surface area (Å²) in [7, 11) is 1.52. The molecule has 2 unspecified atom stereocenters. The number of hydrogen-bond acceptors (Lipinski definition) is 3. The quantitative estimate of drug-likeness (QED) is 0.755. The highest BCUT2D eigenvalue weighted by Crippen LogP contribution is 2.28. The maximum absolute atomic E-state index is 12.3. The maximum atomic E-state index is 12.3. The van der Waals surface area contributed by atoms with Crippen molar-refractivity contribution in [2.24, 2.45) is 0 Å². The summed E-state index contributed by atoms with van der Waals surface area (Å²) in [5.41, 5.74) is 0.399. The molecule has 6 heteroatoms. The number of amides is 1. The molecule has 1 aromatic carbocycles. The largest absolute Gasteiger partial charge is 0.496 e. The molecule has 0 aliphatic heterocycles. The van der Waals surface area contributed by atoms with E-state index in [2.05, 4.69) is 27.9 Å². The topological polar surface area (TPSA) is 58.6 Å². The average Bonchev–Trinajstić information content (AvgIpc) is 2.43. The molecule has 0 radical (unpaired) electrons. The van der Waals surface area contributed by atoms with Gasteiger partial charge in [-0.3, -0.25) is 4.79 Å². The lowest BCUT2D eigenvalue weighted by Gasteiger charge is -2.28. The van der Waals surface area contributed by atoms with Gasteiger partial charge in [0.25, 0.3) is 5.91 Å². The minimum absolute atomic E-state index is 0.195. The summed E-state index contributed by atoms with van der Waals surface area (Å²) in [4.78, 5) is 12.3. The fourth-order valence-corrected chi connectivity index (χ4v) is 3.00. The smallest absolute Gasteiger partial charge is 0.255 e. The first kappa shape index (κ1) is 15.9. The van der Waals surface area contributed by atoms with Gasteiger partial charge in [-0.05, 0) is 47.6 Å². The van der Waals surface area contributed by atoms with E-state index < -0.39 is 6.10 Å². The number of hydrogen-bond donors (Lipinski definition) is 2. The number of rotatable bonds is 3. The Hall–Kier alpha value is -0.530. The average molecular weight is 410 g/mol. The lowest BCUT2D eigenvalue weighted by Crippen LogP contribution is -2.45. The molecule has 2 N–H and O–H groups in total. The van der Waals surface area contributed by atoms with Gasteiger partial charge in [0.1, 0.15) is 5.75 Å². The Labute approximate surface area is 137 Å². The molecule has 2 atom stereocenters. The van der Waals surface area contributed by atoms with Crippen molar-refractivity contribution in [3.63, 3.8) is 0 Å². The number of ether oxygens (including phenoxy) is 1. The highest BCUT2D eigenvalue weighted by atomic mass is 127. The normalized spacial score (nSPS) is 22.4. The standard InChI is InChI=1S/C14H17ClINO3/c1-20-13-7-10(16)9(15)6-8(13)14(19)17-11-4-2-3-5-12(11)18/h6-7,11-12,18H,2-5H2,1H3,(H,17,19). The van der Waals surface area contributed by atoms with E-state index >= 15 is 0 Å². The number of methoxy groups -OCH3 is 1. The monoisotopic (exact) mass is 409 g/mol. The van der Waals surface area contributed by atoms with Gasteiger partial charge in [-0.1, -0.05) is 24.4 Å². The van der Waals surface area contributed by atoms with Crippen LogP contribution < -0.4 is 10.1 Å². The first-order valence-corrected chi connectivity index (χ1v) is 8.00. The van der Waals surface area contributed by atoms with E-state index in [1.54, 1.807) is 12.1 Å². The molecule has 1 saturated carbocycles. The Balaban J connectivity index is 2.18. The highest BCUT2D eigenvalue weighted by molar-refractivity contribution is 14.1. The van der Waals surface area contributed by atoms with Gasteiger partial charge < -0.3 is 15.2 Å². The second kappa shape index (κ2) is 6.95. The van der Waals surface area contributed by atoms with E-state index in [-0.39, 0.29) is 11.9 Å². The molecule has 20 heavy (non-hydrogen) atoms. The van der Waals surface area contributed by atoms with Crippen molar-refractivity contribution in [3.8, 4) is 5.75 Å². The molecule has 1 amide bonds. The summed E-state index contributed by atoms with van der Waals surface area (Å²) in [6.45, 7) is 0. The molecule has 1 aromatic rings. The van der Waals surface area contributed by atoms with Gasteiger partial charge in [0.2, 0.25) is 0 Å². The van der Waals surface area contributed by atoms with Gasteiger partial charge in [0.05, 0.1) is 29.8 Å². The van der Waals surface area contributed by atoms with Gasteiger partial charge in [0.15, 0.2) is 0 Å². The second-order valence-corrected chi connectivity index (χ2v) is 6.47. The Morgan fingerprint density at radius 3 is 2.80 bits per heavy atom. The number of nitrogens with one attached hydrogen (secondary N) is 1. The molecule has 110 valence electrons. The third-order valence-corrected chi connectivity index (χ3v) is 5.06. The lowest BCUT2D eigenvalue weighted by atomic mass is 9.92. The highest BCUT2D eigenvalue weighted by Gasteiger charge is 2.26. The van der Waals surface area contributed by atoms with Crippen LogP contribution in [0.2, 0.25) is 5.02 Å². The molecule has 4 nitrogen and oxygen atoms in total. The number of halogens is 2. The van der Waals surface area contributed by atoms with Crippen LogP contribution in [-0.4, -0.2) is 30.3 Å². The van der Waals surface area contributed by atoms with E-state index in [0.717, 1.165) is 29.3 Å². The third kappa shape index (κ3) is 3.56. The van der Waals surface area contributed by atoms with Crippen LogP contribution in [-0.2, 0) is 0 Å². The van der Waals surface area contributed by atoms with Gasteiger partial charge in [-0.2, -0.15) is 0 Å². The van der Waals surface area contributed by atoms with Crippen molar-refractivity contribution in [2.75, 3.05) is 7.11 Å². The lowest BCUT2D eigenvalue weighted by molar-refractivity contribution is 0.0715. The molecule has 1 aliphatic carbocycles. The van der Waals surface area contributed by atoms with E-state index in [4.69, 9.17) is 16.3 Å². The minimum atomic E-state index is -0.474. The minimum Gasteiger partial charge on any atom is -0.496 e. The van der Waals surface area contributed by atoms with Gasteiger partial charge in [-0.25, -0.2) is 0 Å². The van der Waals surface area contributed by atoms with Gasteiger partial charge in [0, 0.05) is 3.57 Å². The van der Waals surface area contributed by atoms with Gasteiger partial charge in [-0.15, -0.1) is 0 Å². The summed E-state index contributed by atoms with van der Waals surface area (Å²) in [6.07, 6.45) is 3.08. The van der Waals surface area contributed by atoms with Crippen LogP contribution in [0.4, 0.5) is 0 Å². The van der Waals surface area contributed by atoms with Crippen molar-refractivity contribution in [1.29, 1.82) is 0 Å². The summed E-state index contributed by atoms with van der Waals surface area (Å²) in [5.74, 6) is 0.229. The van der Waals surface area contributed by atoms with Crippen molar-refractivity contribution >= 4 is 40.1 Å². The third-order valence-electron chi connectivity index (χ3n) is 3.53. The molecule has 1 aliphatic rings. The van der Waals surface area contributed by atoms with Crippen LogP contribution in [0, 0.1) is 3.57 Å². The Bertz CT molecular complexity index is 509. The summed E-state index contributed by atoms with van der Waals surface area (Å²) >= 11 is 8.15. The van der Waals surface area contributed by atoms with Crippen LogP contribution in [0.5, 0.6) is 5.75 Å². The molecule has 0 bridgehead atoms. The molecular weight excluding hydrogens is 393 g/mol. The predicted molar refractivity (Wildman–Crippen MR) is 86.5 cm³/mol. The zero-order chi connectivity index (χ0) is 14.7. The van der Waals surface area contributed by atoms with Crippen molar-refractivity contribution in [3.05, 3.63) is 26.3 Å². The molecule has 0 heterocycles. The Morgan fingerprint density at radius 2 is 2.15 bits per heavy atom. The summed E-state index contributed by atoms with van der Waals surface area (Å²) < 4.78 is 6.06. The Kier molecular flexibility index (Phi) is 5.51. The molecule has 2 rings (SSSR count). The number of aliphatic hydroxyl groups is 1. The SMILES string of the molecule is COc1cc(I)c(Cl)cc1C(=O)NC1CCCCC1O. The Morgan fingerprint density at radius 1 is 1.45 bits per heavy atom. The van der Waals surface area contributed by atoms with Crippen LogP contribution in [0.15, 0.2) is 12.1 Å². The molecule has 0 spiro atoms. The zero-order valence-electron chi connectivity index (χ0n) is 11.2. The molecule has 1 fully saturated rings. The summed E-state index contributed by atoms with van der Waals surface area (Å²) in [5, 5.41) is 13.3. The fraction of sp³-hybridized carbons (Fsp3) is 0.500. The maximum Gasteiger partial charge on any atom is 0.255 e. The van der Waals surface area contributed by atoms with E-state index in [1.807, 2.05) is 0 Å². The predicted octanol–water partition coefficient (Wildman–Crippen LogP) is 2.99. The van der Waals surface area contributed by atoms with E-state index in [1.165, 1.54) is 7.11 Å². The van der Waals surface area contributed by atoms with Crippen molar-refractivity contribution in [1.82, 2.24) is 5.32 Å². The van der Waals surface area contributed by atoms with Crippen LogP contribution in [0.3, 0.4) is 0 Å². The number of carbonyl (C=O) groups is 1. The zero-order valence-corrected chi connectivity index (χ0v) is 14.1.